The van der Waals surface area contributed by atoms with Crippen LogP contribution < -0.4 is 0 Å². The van der Waals surface area contributed by atoms with E-state index < -0.39 is 23.8 Å². The standard InChI is InChI=1S/C24H22N2O4/c1-14(2)11-12-20-18(15-7-5-6-10-19(15)25-20)13-21(24(29)30)26-22(27)16-8-3-4-9-17(16)23(26)28/h3-11,21,25H,12-13H2,1-2H3,(H,29,30). The van der Waals surface area contributed by atoms with Gasteiger partial charge in [0.2, 0.25) is 0 Å². The number of aliphatic carboxylic acids is 1. The lowest BCUT2D eigenvalue weighted by Crippen LogP contribution is -2.46. The van der Waals surface area contributed by atoms with Crippen molar-refractivity contribution < 1.29 is 19.5 Å². The molecule has 1 unspecified atom stereocenters. The minimum atomic E-state index is -1.29. The zero-order valence-electron chi connectivity index (χ0n) is 16.8. The highest BCUT2D eigenvalue weighted by atomic mass is 16.4. The number of carbonyl (C=O) groups is 3. The van der Waals surface area contributed by atoms with Crippen molar-refractivity contribution in [2.75, 3.05) is 0 Å². The molecule has 30 heavy (non-hydrogen) atoms. The molecule has 2 N–H and O–H groups in total. The number of nitrogens with zero attached hydrogens (tertiary/aromatic N) is 1. The number of carbonyl (C=O) groups excluding carboxylic acids is 2. The number of aromatic nitrogens is 1. The van der Waals surface area contributed by atoms with E-state index in [4.69, 9.17) is 0 Å². The molecular formula is C24H22N2O4. The number of carboxylic acids is 1. The number of imide groups is 1. The molecule has 0 saturated heterocycles. The van der Waals surface area contributed by atoms with Gasteiger partial charge in [-0.15, -0.1) is 0 Å². The van der Waals surface area contributed by atoms with Gasteiger partial charge in [0.05, 0.1) is 11.1 Å². The Morgan fingerprint density at radius 3 is 2.23 bits per heavy atom. The number of allylic oxidation sites excluding steroid dienone is 2. The third kappa shape index (κ3) is 3.30. The third-order valence-corrected chi connectivity index (χ3v) is 5.44. The van der Waals surface area contributed by atoms with Gasteiger partial charge in [-0.1, -0.05) is 42.0 Å². The van der Waals surface area contributed by atoms with Crippen LogP contribution in [0.1, 0.15) is 45.8 Å². The summed E-state index contributed by atoms with van der Waals surface area (Å²) in [7, 11) is 0. The molecule has 6 heteroatoms. The van der Waals surface area contributed by atoms with Crippen LogP contribution in [-0.4, -0.2) is 38.8 Å². The summed E-state index contributed by atoms with van der Waals surface area (Å²) >= 11 is 0. The fraction of sp³-hybridized carbons (Fsp3) is 0.208. The molecule has 3 aromatic rings. The van der Waals surface area contributed by atoms with Crippen LogP contribution in [0.25, 0.3) is 10.9 Å². The maximum Gasteiger partial charge on any atom is 0.327 e. The number of amides is 2. The van der Waals surface area contributed by atoms with Crippen LogP contribution in [-0.2, 0) is 17.6 Å². The highest BCUT2D eigenvalue weighted by molar-refractivity contribution is 6.22. The molecular weight excluding hydrogens is 380 g/mol. The van der Waals surface area contributed by atoms with Gasteiger partial charge in [0, 0.05) is 29.4 Å². The molecule has 4 rings (SSSR count). The van der Waals surface area contributed by atoms with Crippen molar-refractivity contribution in [1.29, 1.82) is 0 Å². The van der Waals surface area contributed by atoms with Crippen LogP contribution in [0.15, 0.2) is 60.2 Å². The number of hydrogen-bond acceptors (Lipinski definition) is 3. The SMILES string of the molecule is CC(C)=CCc1[nH]c2ccccc2c1CC(C(=O)O)N1C(=O)c2ccccc2C1=O. The van der Waals surface area contributed by atoms with E-state index in [2.05, 4.69) is 11.1 Å². The topological polar surface area (TPSA) is 90.5 Å². The summed E-state index contributed by atoms with van der Waals surface area (Å²) in [6.07, 6.45) is 2.71. The van der Waals surface area contributed by atoms with Crippen molar-refractivity contribution in [3.63, 3.8) is 0 Å². The number of H-pyrrole nitrogens is 1. The lowest BCUT2D eigenvalue weighted by molar-refractivity contribution is -0.141. The van der Waals surface area contributed by atoms with Crippen molar-refractivity contribution in [2.45, 2.75) is 32.7 Å². The highest BCUT2D eigenvalue weighted by Crippen LogP contribution is 2.30. The predicted molar refractivity (Wildman–Crippen MR) is 114 cm³/mol. The molecule has 0 spiro atoms. The molecule has 0 bridgehead atoms. The quantitative estimate of drug-likeness (QED) is 0.482. The second-order valence-electron chi connectivity index (χ2n) is 7.70. The number of carboxylic acid groups (broad SMARTS) is 1. The van der Waals surface area contributed by atoms with E-state index in [1.165, 1.54) is 0 Å². The number of rotatable bonds is 6. The lowest BCUT2D eigenvalue weighted by atomic mass is 9.99. The van der Waals surface area contributed by atoms with Gasteiger partial charge in [0.1, 0.15) is 6.04 Å². The average molecular weight is 402 g/mol. The molecule has 0 saturated carbocycles. The number of aromatic amines is 1. The van der Waals surface area contributed by atoms with Crippen LogP contribution in [0.4, 0.5) is 0 Å². The van der Waals surface area contributed by atoms with Crippen molar-refractivity contribution in [3.8, 4) is 0 Å². The molecule has 1 atom stereocenters. The lowest BCUT2D eigenvalue weighted by Gasteiger charge is -2.23. The van der Waals surface area contributed by atoms with Crippen molar-refractivity contribution in [2.24, 2.45) is 0 Å². The summed E-state index contributed by atoms with van der Waals surface area (Å²) in [6, 6.07) is 12.8. The summed E-state index contributed by atoms with van der Waals surface area (Å²) in [5, 5.41) is 10.9. The number of para-hydroxylation sites is 1. The maximum atomic E-state index is 12.9. The van der Waals surface area contributed by atoms with E-state index in [0.717, 1.165) is 32.6 Å². The first kappa shape index (κ1) is 19.6. The average Bonchev–Trinajstić information content (AvgIpc) is 3.20. The van der Waals surface area contributed by atoms with Crippen LogP contribution in [0.2, 0.25) is 0 Å². The number of benzene rings is 2. The van der Waals surface area contributed by atoms with Crippen LogP contribution >= 0.6 is 0 Å². The maximum absolute atomic E-state index is 12.9. The Morgan fingerprint density at radius 1 is 1.03 bits per heavy atom. The summed E-state index contributed by atoms with van der Waals surface area (Å²) in [4.78, 5) is 42.2. The van der Waals surface area contributed by atoms with E-state index in [-0.39, 0.29) is 17.5 Å². The minimum absolute atomic E-state index is 0.0384. The Balaban J connectivity index is 1.77. The molecule has 1 aromatic heterocycles. The minimum Gasteiger partial charge on any atom is -0.480 e. The van der Waals surface area contributed by atoms with Gasteiger partial charge in [-0.3, -0.25) is 14.5 Å². The Hall–Kier alpha value is -3.67. The van der Waals surface area contributed by atoms with E-state index in [9.17, 15) is 19.5 Å². The smallest absolute Gasteiger partial charge is 0.327 e. The first-order chi connectivity index (χ1) is 14.4. The zero-order valence-corrected chi connectivity index (χ0v) is 16.8. The Morgan fingerprint density at radius 2 is 1.63 bits per heavy atom. The fourth-order valence-corrected chi connectivity index (χ4v) is 3.94. The fourth-order valence-electron chi connectivity index (χ4n) is 3.94. The summed E-state index contributed by atoms with van der Waals surface area (Å²) in [6.45, 7) is 4.00. The molecule has 0 fully saturated rings. The molecule has 2 aromatic carbocycles. The Kier molecular flexibility index (Phi) is 4.99. The number of hydrogen-bond donors (Lipinski definition) is 2. The molecule has 2 amide bonds. The van der Waals surface area contributed by atoms with Gasteiger partial charge in [-0.05, 0) is 37.6 Å². The molecule has 0 aliphatic carbocycles. The summed E-state index contributed by atoms with van der Waals surface area (Å²) < 4.78 is 0. The van der Waals surface area contributed by atoms with Crippen LogP contribution in [0, 0.1) is 0 Å². The molecule has 1 aliphatic rings. The largest absolute Gasteiger partial charge is 0.480 e. The second kappa shape index (κ2) is 7.63. The molecule has 2 heterocycles. The second-order valence-corrected chi connectivity index (χ2v) is 7.70. The summed E-state index contributed by atoms with van der Waals surface area (Å²) in [5.41, 5.74) is 4.24. The molecule has 6 nitrogen and oxygen atoms in total. The van der Waals surface area contributed by atoms with Gasteiger partial charge in [0.15, 0.2) is 0 Å². The van der Waals surface area contributed by atoms with Gasteiger partial charge in [-0.2, -0.15) is 0 Å². The first-order valence-electron chi connectivity index (χ1n) is 9.80. The van der Waals surface area contributed by atoms with Crippen molar-refractivity contribution in [3.05, 3.63) is 82.6 Å². The van der Waals surface area contributed by atoms with E-state index >= 15 is 0 Å². The number of nitrogens with one attached hydrogen (secondary N) is 1. The van der Waals surface area contributed by atoms with E-state index in [1.54, 1.807) is 24.3 Å². The molecule has 152 valence electrons. The van der Waals surface area contributed by atoms with E-state index in [0.29, 0.717) is 6.42 Å². The van der Waals surface area contributed by atoms with Crippen molar-refractivity contribution >= 4 is 28.7 Å². The van der Waals surface area contributed by atoms with Crippen molar-refractivity contribution in [1.82, 2.24) is 9.88 Å². The van der Waals surface area contributed by atoms with Crippen LogP contribution in [0.5, 0.6) is 0 Å². The molecule has 1 aliphatic heterocycles. The monoisotopic (exact) mass is 402 g/mol. The van der Waals surface area contributed by atoms with E-state index in [1.807, 2.05) is 38.1 Å². The summed E-state index contributed by atoms with van der Waals surface area (Å²) in [5.74, 6) is -2.33. The third-order valence-electron chi connectivity index (χ3n) is 5.44. The highest BCUT2D eigenvalue weighted by Gasteiger charge is 2.43. The van der Waals surface area contributed by atoms with Gasteiger partial charge >= 0.3 is 5.97 Å². The predicted octanol–water partition coefficient (Wildman–Crippen LogP) is 3.97. The molecule has 0 radical (unpaired) electrons. The van der Waals surface area contributed by atoms with Gasteiger partial charge in [-0.25, -0.2) is 4.79 Å². The number of fused-ring (bicyclic) bond motifs is 2. The zero-order chi connectivity index (χ0) is 21.4. The van der Waals surface area contributed by atoms with Crippen LogP contribution in [0.3, 0.4) is 0 Å². The normalized spacial score (nSPS) is 14.1. The first-order valence-corrected chi connectivity index (χ1v) is 9.80. The Bertz CT molecular complexity index is 1170. The van der Waals surface area contributed by atoms with Gasteiger partial charge < -0.3 is 10.1 Å². The Labute approximate surface area is 173 Å². The van der Waals surface area contributed by atoms with Gasteiger partial charge in [0.25, 0.3) is 11.8 Å².